The standard InChI is InChI=1S/C22H17FN2O5S2/c1-30-19-5-3-2-4-16(19)25-32(28,29)15-7-8-18(26)17(12-15)24-22(27)21-11-13-10-14(23)6-9-20(13)31-21/h2-12,25-26H,1H3,(H,24,27). The van der Waals surface area contributed by atoms with E-state index in [-0.39, 0.29) is 26.9 Å². The summed E-state index contributed by atoms with van der Waals surface area (Å²) in [6, 6.07) is 15.8. The van der Waals surface area contributed by atoms with Crippen LogP contribution in [0.2, 0.25) is 0 Å². The number of hydrogen-bond donors (Lipinski definition) is 3. The number of para-hydroxylation sites is 2. The van der Waals surface area contributed by atoms with Gasteiger partial charge in [-0.1, -0.05) is 12.1 Å². The number of phenolic OH excluding ortho intramolecular Hbond substituents is 1. The van der Waals surface area contributed by atoms with Crippen LogP contribution in [0.3, 0.4) is 0 Å². The molecule has 3 N–H and O–H groups in total. The maximum atomic E-state index is 13.4. The fourth-order valence-electron chi connectivity index (χ4n) is 3.03. The minimum atomic E-state index is -4.04. The number of carbonyl (C=O) groups is 1. The molecular formula is C22H17FN2O5S2. The number of nitrogens with one attached hydrogen (secondary N) is 2. The maximum absolute atomic E-state index is 13.4. The number of rotatable bonds is 6. The first-order valence-electron chi connectivity index (χ1n) is 9.26. The van der Waals surface area contributed by atoms with E-state index in [1.165, 1.54) is 37.4 Å². The Morgan fingerprint density at radius 3 is 2.59 bits per heavy atom. The van der Waals surface area contributed by atoms with Crippen LogP contribution >= 0.6 is 11.3 Å². The van der Waals surface area contributed by atoms with Crippen LogP contribution in [0, 0.1) is 5.82 Å². The number of anilines is 2. The molecule has 10 heteroatoms. The van der Waals surface area contributed by atoms with Gasteiger partial charge >= 0.3 is 0 Å². The summed E-state index contributed by atoms with van der Waals surface area (Å²) in [4.78, 5) is 12.8. The van der Waals surface area contributed by atoms with Gasteiger partial charge in [0.25, 0.3) is 15.9 Å². The Labute approximate surface area is 187 Å². The van der Waals surface area contributed by atoms with Crippen LogP contribution < -0.4 is 14.8 Å². The van der Waals surface area contributed by atoms with Crippen LogP contribution in [0.5, 0.6) is 11.5 Å². The molecular weight excluding hydrogens is 455 g/mol. The molecule has 1 amide bonds. The zero-order valence-electron chi connectivity index (χ0n) is 16.6. The molecule has 4 aromatic rings. The lowest BCUT2D eigenvalue weighted by Crippen LogP contribution is -2.15. The van der Waals surface area contributed by atoms with Gasteiger partial charge in [-0.2, -0.15) is 0 Å². The molecule has 1 heterocycles. The van der Waals surface area contributed by atoms with Gasteiger partial charge in [0.15, 0.2) is 0 Å². The monoisotopic (exact) mass is 472 g/mol. The predicted molar refractivity (Wildman–Crippen MR) is 122 cm³/mol. The highest BCUT2D eigenvalue weighted by molar-refractivity contribution is 7.92. The van der Waals surface area contributed by atoms with Gasteiger partial charge in [0, 0.05) is 4.70 Å². The first kappa shape index (κ1) is 21.6. The second kappa shape index (κ2) is 8.48. The number of fused-ring (bicyclic) bond motifs is 1. The van der Waals surface area contributed by atoms with Crippen molar-refractivity contribution in [3.63, 3.8) is 0 Å². The average molecular weight is 473 g/mol. The fourth-order valence-corrected chi connectivity index (χ4v) is 5.06. The fraction of sp³-hybridized carbons (Fsp3) is 0.0455. The highest BCUT2D eigenvalue weighted by Gasteiger charge is 2.20. The number of benzene rings is 3. The third-order valence-corrected chi connectivity index (χ3v) is 7.06. The van der Waals surface area contributed by atoms with Crippen molar-refractivity contribution in [2.45, 2.75) is 4.90 Å². The van der Waals surface area contributed by atoms with Crippen molar-refractivity contribution in [2.75, 3.05) is 17.1 Å². The molecule has 7 nitrogen and oxygen atoms in total. The van der Waals surface area contributed by atoms with Gasteiger partial charge in [-0.15, -0.1) is 11.3 Å². The molecule has 1 aromatic heterocycles. The van der Waals surface area contributed by atoms with Gasteiger partial charge in [-0.05, 0) is 60.0 Å². The summed E-state index contributed by atoms with van der Waals surface area (Å²) in [6.45, 7) is 0. The largest absolute Gasteiger partial charge is 0.506 e. The summed E-state index contributed by atoms with van der Waals surface area (Å²) in [5.41, 5.74) is 0.160. The van der Waals surface area contributed by atoms with Crippen molar-refractivity contribution in [2.24, 2.45) is 0 Å². The molecule has 0 atom stereocenters. The number of phenols is 1. The number of thiophene rings is 1. The van der Waals surface area contributed by atoms with E-state index < -0.39 is 21.7 Å². The minimum Gasteiger partial charge on any atom is -0.506 e. The summed E-state index contributed by atoms with van der Waals surface area (Å²) in [5, 5.41) is 13.2. The highest BCUT2D eigenvalue weighted by atomic mass is 32.2. The normalized spacial score (nSPS) is 11.3. The molecule has 4 rings (SSSR count). The number of methoxy groups -OCH3 is 1. The second-order valence-electron chi connectivity index (χ2n) is 6.73. The number of aromatic hydroxyl groups is 1. The highest BCUT2D eigenvalue weighted by Crippen LogP contribution is 2.32. The first-order valence-corrected chi connectivity index (χ1v) is 11.6. The lowest BCUT2D eigenvalue weighted by Gasteiger charge is -2.13. The molecule has 0 saturated carbocycles. The molecule has 0 bridgehead atoms. The number of carbonyl (C=O) groups excluding carboxylic acids is 1. The van der Waals surface area contributed by atoms with Crippen molar-refractivity contribution < 1.29 is 27.4 Å². The second-order valence-corrected chi connectivity index (χ2v) is 9.50. The van der Waals surface area contributed by atoms with E-state index in [2.05, 4.69) is 10.0 Å². The molecule has 32 heavy (non-hydrogen) atoms. The van der Waals surface area contributed by atoms with Crippen LogP contribution in [-0.2, 0) is 10.0 Å². The maximum Gasteiger partial charge on any atom is 0.265 e. The number of halogens is 1. The number of ether oxygens (including phenoxy) is 1. The van der Waals surface area contributed by atoms with Crippen molar-refractivity contribution in [3.8, 4) is 11.5 Å². The summed E-state index contributed by atoms with van der Waals surface area (Å²) in [5.74, 6) is -0.944. The smallest absolute Gasteiger partial charge is 0.265 e. The van der Waals surface area contributed by atoms with Gasteiger partial charge in [0.2, 0.25) is 0 Å². The van der Waals surface area contributed by atoms with Crippen LogP contribution in [0.25, 0.3) is 10.1 Å². The predicted octanol–water partition coefficient (Wildman–Crippen LogP) is 4.81. The molecule has 0 radical (unpaired) electrons. The van der Waals surface area contributed by atoms with Crippen LogP contribution in [0.1, 0.15) is 9.67 Å². The van der Waals surface area contributed by atoms with Crippen molar-refractivity contribution in [3.05, 3.63) is 77.4 Å². The molecule has 0 spiro atoms. The molecule has 0 saturated heterocycles. The molecule has 3 aromatic carbocycles. The quantitative estimate of drug-likeness (QED) is 0.350. The number of sulfonamides is 1. The van der Waals surface area contributed by atoms with E-state index in [0.717, 1.165) is 22.1 Å². The van der Waals surface area contributed by atoms with Gasteiger partial charge < -0.3 is 15.2 Å². The zero-order valence-corrected chi connectivity index (χ0v) is 18.3. The lowest BCUT2D eigenvalue weighted by molar-refractivity contribution is 0.103. The Hall–Kier alpha value is -3.63. The van der Waals surface area contributed by atoms with Crippen LogP contribution in [0.15, 0.2) is 71.6 Å². The Morgan fingerprint density at radius 1 is 1.03 bits per heavy atom. The first-order chi connectivity index (χ1) is 15.3. The van der Waals surface area contributed by atoms with Gasteiger partial charge in [-0.25, -0.2) is 12.8 Å². The van der Waals surface area contributed by atoms with Gasteiger partial charge in [0.05, 0.1) is 28.3 Å². The van der Waals surface area contributed by atoms with E-state index in [4.69, 9.17) is 4.74 Å². The average Bonchev–Trinajstić information content (AvgIpc) is 3.18. The van der Waals surface area contributed by atoms with Crippen molar-refractivity contribution in [1.82, 2.24) is 0 Å². The molecule has 0 fully saturated rings. The number of hydrogen-bond acceptors (Lipinski definition) is 6. The van der Waals surface area contributed by atoms with E-state index in [1.807, 2.05) is 0 Å². The van der Waals surface area contributed by atoms with Crippen LogP contribution in [0.4, 0.5) is 15.8 Å². The molecule has 0 aliphatic rings. The molecule has 0 unspecified atom stereocenters. The van der Waals surface area contributed by atoms with Gasteiger partial charge in [-0.3, -0.25) is 9.52 Å². The molecule has 0 aliphatic carbocycles. The number of amides is 1. The van der Waals surface area contributed by atoms with E-state index >= 15 is 0 Å². The minimum absolute atomic E-state index is 0.0819. The summed E-state index contributed by atoms with van der Waals surface area (Å²) >= 11 is 1.15. The Kier molecular flexibility index (Phi) is 5.72. The Balaban J connectivity index is 1.61. The lowest BCUT2D eigenvalue weighted by atomic mass is 10.2. The van der Waals surface area contributed by atoms with Crippen molar-refractivity contribution >= 4 is 48.7 Å². The Morgan fingerprint density at radius 2 is 1.81 bits per heavy atom. The van der Waals surface area contributed by atoms with Crippen LogP contribution in [-0.4, -0.2) is 26.5 Å². The van der Waals surface area contributed by atoms with E-state index in [1.54, 1.807) is 30.3 Å². The van der Waals surface area contributed by atoms with E-state index in [9.17, 15) is 22.7 Å². The van der Waals surface area contributed by atoms with E-state index in [0.29, 0.717) is 11.1 Å². The summed E-state index contributed by atoms with van der Waals surface area (Å²) in [6.07, 6.45) is 0. The zero-order chi connectivity index (χ0) is 22.9. The SMILES string of the molecule is COc1ccccc1NS(=O)(=O)c1ccc(O)c(NC(=O)c2cc3cc(F)ccc3s2)c1. The third-order valence-electron chi connectivity index (χ3n) is 4.58. The van der Waals surface area contributed by atoms with Crippen molar-refractivity contribution in [1.29, 1.82) is 0 Å². The summed E-state index contributed by atoms with van der Waals surface area (Å²) in [7, 11) is -2.62. The third kappa shape index (κ3) is 4.36. The summed E-state index contributed by atoms with van der Waals surface area (Å²) < 4.78 is 47.4. The van der Waals surface area contributed by atoms with Gasteiger partial charge in [0.1, 0.15) is 17.3 Å². The topological polar surface area (TPSA) is 105 Å². The Bertz CT molecular complexity index is 1430. The molecule has 164 valence electrons. The molecule has 0 aliphatic heterocycles.